The highest BCUT2D eigenvalue weighted by Crippen LogP contribution is 2.28. The van der Waals surface area contributed by atoms with Crippen molar-refractivity contribution < 1.29 is 14.3 Å². The first-order valence-electron chi connectivity index (χ1n) is 8.12. The van der Waals surface area contributed by atoms with Gasteiger partial charge in [0.15, 0.2) is 0 Å². The summed E-state index contributed by atoms with van der Waals surface area (Å²) in [5, 5.41) is 2.78. The number of hydrogen-bond donors (Lipinski definition) is 1. The minimum atomic E-state index is -0.104. The van der Waals surface area contributed by atoms with Gasteiger partial charge in [-0.3, -0.25) is 9.59 Å². The fraction of sp³-hybridized carbons (Fsp3) is 0.263. The number of carbonyl (C=O) groups is 2. The van der Waals surface area contributed by atoms with E-state index in [0.717, 1.165) is 26.9 Å². The molecule has 0 aliphatic carbocycles. The van der Waals surface area contributed by atoms with Crippen molar-refractivity contribution in [2.24, 2.45) is 0 Å². The molecule has 0 aliphatic rings. The summed E-state index contributed by atoms with van der Waals surface area (Å²) in [4.78, 5) is 26.3. The summed E-state index contributed by atoms with van der Waals surface area (Å²) in [5.74, 6) is 0.664. The molecule has 0 fully saturated rings. The van der Waals surface area contributed by atoms with E-state index in [-0.39, 0.29) is 11.1 Å². The first kappa shape index (κ1) is 20.3. The molecule has 0 radical (unpaired) electrons. The van der Waals surface area contributed by atoms with E-state index in [2.05, 4.69) is 21.2 Å². The van der Waals surface area contributed by atoms with Gasteiger partial charge in [-0.05, 0) is 48.5 Å². The third-order valence-corrected chi connectivity index (χ3v) is 4.95. The Kier molecular flexibility index (Phi) is 8.00. The van der Waals surface area contributed by atoms with Crippen molar-refractivity contribution >= 4 is 44.5 Å². The number of para-hydroxylation sites is 1. The van der Waals surface area contributed by atoms with Crippen LogP contribution in [0.25, 0.3) is 0 Å². The molecule has 0 heterocycles. The smallest absolute Gasteiger partial charge is 0.286 e. The van der Waals surface area contributed by atoms with Crippen molar-refractivity contribution in [1.82, 2.24) is 4.90 Å². The Morgan fingerprint density at radius 3 is 2.65 bits per heavy atom. The molecule has 2 aromatic rings. The number of hydrogen-bond acceptors (Lipinski definition) is 4. The summed E-state index contributed by atoms with van der Waals surface area (Å²) < 4.78 is 6.58. The van der Waals surface area contributed by atoms with Crippen LogP contribution in [0.3, 0.4) is 0 Å². The zero-order valence-electron chi connectivity index (χ0n) is 14.7. The summed E-state index contributed by atoms with van der Waals surface area (Å²) in [5.41, 5.74) is 0.644. The number of nitrogens with one attached hydrogen (secondary N) is 1. The largest absolute Gasteiger partial charge is 0.494 e. The minimum absolute atomic E-state index is 0.0888. The molecule has 0 atom stereocenters. The van der Waals surface area contributed by atoms with Gasteiger partial charge in [-0.1, -0.05) is 34.1 Å². The minimum Gasteiger partial charge on any atom is -0.494 e. The lowest BCUT2D eigenvalue weighted by molar-refractivity contribution is -0.116. The van der Waals surface area contributed by atoms with Crippen molar-refractivity contribution in [2.45, 2.75) is 17.7 Å². The van der Waals surface area contributed by atoms with Gasteiger partial charge in [0.2, 0.25) is 5.91 Å². The van der Waals surface area contributed by atoms with Crippen LogP contribution in [0.1, 0.15) is 12.8 Å². The molecule has 0 saturated carbocycles. The molecule has 2 amide bonds. The maximum absolute atomic E-state index is 12.2. The molecule has 7 heteroatoms. The Morgan fingerprint density at radius 2 is 1.92 bits per heavy atom. The van der Waals surface area contributed by atoms with Crippen molar-refractivity contribution in [1.29, 1.82) is 0 Å². The van der Waals surface area contributed by atoms with Gasteiger partial charge >= 0.3 is 0 Å². The van der Waals surface area contributed by atoms with Crippen LogP contribution in [0.2, 0.25) is 0 Å². The van der Waals surface area contributed by atoms with Gasteiger partial charge < -0.3 is 15.0 Å². The second kappa shape index (κ2) is 10.2. The molecular weight excluding hydrogens is 416 g/mol. The Hall–Kier alpha value is -1.99. The normalized spacial score (nSPS) is 10.3. The van der Waals surface area contributed by atoms with Gasteiger partial charge in [-0.2, -0.15) is 0 Å². The van der Waals surface area contributed by atoms with Crippen LogP contribution >= 0.6 is 27.7 Å². The number of anilines is 1. The number of benzene rings is 2. The molecule has 0 aliphatic heterocycles. The Bertz CT molecular complexity index is 768. The number of ether oxygens (including phenoxy) is 1. The summed E-state index contributed by atoms with van der Waals surface area (Å²) in [6.45, 7) is 0.458. The zero-order chi connectivity index (χ0) is 18.9. The van der Waals surface area contributed by atoms with Crippen LogP contribution in [-0.2, 0) is 4.79 Å². The molecule has 138 valence electrons. The molecule has 0 bridgehead atoms. The van der Waals surface area contributed by atoms with Gasteiger partial charge in [0.05, 0.1) is 12.3 Å². The summed E-state index contributed by atoms with van der Waals surface area (Å²) >= 11 is 4.48. The van der Waals surface area contributed by atoms with E-state index in [1.165, 1.54) is 4.90 Å². The van der Waals surface area contributed by atoms with Crippen LogP contribution in [0.5, 0.6) is 5.75 Å². The molecule has 1 N–H and O–H groups in total. The van der Waals surface area contributed by atoms with Crippen LogP contribution in [0, 0.1) is 0 Å². The van der Waals surface area contributed by atoms with Crippen LogP contribution in [0.4, 0.5) is 10.5 Å². The molecule has 5 nitrogen and oxygen atoms in total. The predicted octanol–water partition coefficient (Wildman–Crippen LogP) is 5.02. The standard InChI is InChI=1S/C19H21BrN2O3S/c1-22(2)19(24)26-17-10-4-3-9-16(17)21-18(23)11-6-12-25-15-8-5-7-14(20)13-15/h3-5,7-10,13H,6,11-12H2,1-2H3,(H,21,23). The lowest BCUT2D eigenvalue weighted by Crippen LogP contribution is -2.17. The van der Waals surface area contributed by atoms with Gasteiger partial charge in [-0.25, -0.2) is 0 Å². The third-order valence-electron chi connectivity index (χ3n) is 3.34. The topological polar surface area (TPSA) is 58.6 Å². The monoisotopic (exact) mass is 436 g/mol. The van der Waals surface area contributed by atoms with E-state index in [1.807, 2.05) is 42.5 Å². The first-order chi connectivity index (χ1) is 12.5. The molecular formula is C19H21BrN2O3S. The Balaban J connectivity index is 1.81. The second-order valence-electron chi connectivity index (χ2n) is 5.72. The van der Waals surface area contributed by atoms with Crippen LogP contribution in [0.15, 0.2) is 57.9 Å². The van der Waals surface area contributed by atoms with Crippen LogP contribution < -0.4 is 10.1 Å². The molecule has 0 saturated heterocycles. The van der Waals surface area contributed by atoms with Gasteiger partial charge in [-0.15, -0.1) is 0 Å². The summed E-state index contributed by atoms with van der Waals surface area (Å²) in [6, 6.07) is 14.9. The van der Waals surface area contributed by atoms with E-state index in [9.17, 15) is 9.59 Å². The molecule has 0 spiro atoms. The second-order valence-corrected chi connectivity index (χ2v) is 7.62. The van der Waals surface area contributed by atoms with Crippen molar-refractivity contribution in [3.63, 3.8) is 0 Å². The average molecular weight is 437 g/mol. The van der Waals surface area contributed by atoms with E-state index < -0.39 is 0 Å². The first-order valence-corrected chi connectivity index (χ1v) is 9.73. The van der Waals surface area contributed by atoms with E-state index >= 15 is 0 Å². The highest BCUT2D eigenvalue weighted by atomic mass is 79.9. The number of carbonyl (C=O) groups excluding carboxylic acids is 2. The molecule has 0 unspecified atom stereocenters. The SMILES string of the molecule is CN(C)C(=O)Sc1ccccc1NC(=O)CCCOc1cccc(Br)c1. The fourth-order valence-corrected chi connectivity index (χ4v) is 3.16. The van der Waals surface area contributed by atoms with Crippen molar-refractivity contribution in [3.05, 3.63) is 53.0 Å². The Morgan fingerprint density at radius 1 is 1.15 bits per heavy atom. The van der Waals surface area contributed by atoms with Gasteiger partial charge in [0.1, 0.15) is 5.75 Å². The summed E-state index contributed by atoms with van der Waals surface area (Å²) in [6.07, 6.45) is 0.943. The van der Waals surface area contributed by atoms with E-state index in [4.69, 9.17) is 4.74 Å². The zero-order valence-corrected chi connectivity index (χ0v) is 17.1. The van der Waals surface area contributed by atoms with E-state index in [1.54, 1.807) is 20.2 Å². The van der Waals surface area contributed by atoms with Gasteiger partial charge in [0.25, 0.3) is 5.24 Å². The molecule has 2 rings (SSSR count). The maximum Gasteiger partial charge on any atom is 0.286 e. The van der Waals surface area contributed by atoms with Crippen molar-refractivity contribution in [3.8, 4) is 5.75 Å². The highest BCUT2D eigenvalue weighted by Gasteiger charge is 2.12. The lowest BCUT2D eigenvalue weighted by Gasteiger charge is -2.13. The highest BCUT2D eigenvalue weighted by molar-refractivity contribution is 9.10. The summed E-state index contributed by atoms with van der Waals surface area (Å²) in [7, 11) is 3.39. The predicted molar refractivity (Wildman–Crippen MR) is 109 cm³/mol. The van der Waals surface area contributed by atoms with Gasteiger partial charge in [0, 0.05) is 29.9 Å². The number of nitrogens with zero attached hydrogens (tertiary/aromatic N) is 1. The number of thioether (sulfide) groups is 1. The molecule has 0 aromatic heterocycles. The quantitative estimate of drug-likeness (QED) is 0.488. The lowest BCUT2D eigenvalue weighted by atomic mass is 10.2. The van der Waals surface area contributed by atoms with E-state index in [0.29, 0.717) is 25.1 Å². The van der Waals surface area contributed by atoms with Crippen LogP contribution in [-0.4, -0.2) is 36.7 Å². The number of rotatable bonds is 7. The number of amides is 2. The molecule has 26 heavy (non-hydrogen) atoms. The number of halogens is 1. The third kappa shape index (κ3) is 6.72. The molecule has 2 aromatic carbocycles. The fourth-order valence-electron chi connectivity index (χ4n) is 2.04. The maximum atomic E-state index is 12.2. The van der Waals surface area contributed by atoms with Crippen molar-refractivity contribution in [2.75, 3.05) is 26.0 Å². The Labute approximate surface area is 166 Å². The average Bonchev–Trinajstić information content (AvgIpc) is 2.60.